The van der Waals surface area contributed by atoms with Crippen LogP contribution in [0.5, 0.6) is 0 Å². The second kappa shape index (κ2) is 7.24. The van der Waals surface area contributed by atoms with Crippen LogP contribution in [0.2, 0.25) is 0 Å². The minimum atomic E-state index is -0.533. The topological polar surface area (TPSA) is 21.3 Å². The maximum absolute atomic E-state index is 13.5. The van der Waals surface area contributed by atoms with Crippen molar-refractivity contribution in [3.8, 4) is 0 Å². The highest BCUT2D eigenvalue weighted by Gasteiger charge is 2.16. The molecule has 0 spiro atoms. The summed E-state index contributed by atoms with van der Waals surface area (Å²) in [6, 6.07) is 3.47. The molecule has 0 amide bonds. The van der Waals surface area contributed by atoms with E-state index in [2.05, 4.69) is 11.9 Å². The van der Waals surface area contributed by atoms with Gasteiger partial charge in [0.05, 0.1) is 12.7 Å². The molecule has 0 heterocycles. The molecule has 0 aliphatic rings. The molecular weight excluding hydrogens is 236 g/mol. The van der Waals surface area contributed by atoms with Crippen LogP contribution in [0.25, 0.3) is 0 Å². The largest absolute Gasteiger partial charge is 0.373 e. The molecule has 0 aromatic heterocycles. The zero-order valence-electron chi connectivity index (χ0n) is 10.7. The van der Waals surface area contributed by atoms with E-state index in [1.54, 1.807) is 13.0 Å². The molecule has 1 aromatic carbocycles. The molecule has 1 rings (SSSR count). The second-order valence-corrected chi connectivity index (χ2v) is 4.20. The summed E-state index contributed by atoms with van der Waals surface area (Å²) in [7, 11) is 0. The highest BCUT2D eigenvalue weighted by molar-refractivity contribution is 5.22. The van der Waals surface area contributed by atoms with E-state index in [-0.39, 0.29) is 11.7 Å². The first-order valence-electron chi connectivity index (χ1n) is 5.96. The average Bonchev–Trinajstić information content (AvgIpc) is 2.33. The molecule has 0 aliphatic carbocycles. The Kier molecular flexibility index (Phi) is 5.95. The minimum absolute atomic E-state index is 0.0414. The van der Waals surface area contributed by atoms with E-state index in [4.69, 9.17) is 4.74 Å². The van der Waals surface area contributed by atoms with Gasteiger partial charge in [0.2, 0.25) is 0 Å². The second-order valence-electron chi connectivity index (χ2n) is 4.20. The van der Waals surface area contributed by atoms with Gasteiger partial charge in [-0.1, -0.05) is 12.1 Å². The third-order valence-corrected chi connectivity index (χ3v) is 2.64. The molecular formula is C14H19F2NO. The van der Waals surface area contributed by atoms with Crippen LogP contribution in [0, 0.1) is 11.6 Å². The highest BCUT2D eigenvalue weighted by Crippen LogP contribution is 2.20. The van der Waals surface area contributed by atoms with Crippen molar-refractivity contribution in [3.05, 3.63) is 48.1 Å². The molecule has 0 saturated carbocycles. The van der Waals surface area contributed by atoms with Crippen molar-refractivity contribution in [3.63, 3.8) is 0 Å². The number of halogens is 2. The first kappa shape index (κ1) is 14.8. The molecule has 2 atom stereocenters. The zero-order chi connectivity index (χ0) is 13.5. The lowest BCUT2D eigenvalue weighted by Crippen LogP contribution is -2.30. The molecule has 0 radical (unpaired) electrons. The number of ether oxygens (including phenoxy) is 1. The van der Waals surface area contributed by atoms with Crippen molar-refractivity contribution in [1.82, 2.24) is 5.32 Å². The highest BCUT2D eigenvalue weighted by atomic mass is 19.1. The summed E-state index contributed by atoms with van der Waals surface area (Å²) in [6.07, 6.45) is 1.62. The Morgan fingerprint density at radius 2 is 1.94 bits per heavy atom. The van der Waals surface area contributed by atoms with Gasteiger partial charge in [0.1, 0.15) is 11.6 Å². The van der Waals surface area contributed by atoms with Crippen LogP contribution < -0.4 is 5.32 Å². The van der Waals surface area contributed by atoms with E-state index < -0.39 is 17.7 Å². The van der Waals surface area contributed by atoms with Gasteiger partial charge in [-0.2, -0.15) is 0 Å². The predicted molar refractivity (Wildman–Crippen MR) is 68.4 cm³/mol. The van der Waals surface area contributed by atoms with Crippen molar-refractivity contribution in [2.75, 3.05) is 13.2 Å². The van der Waals surface area contributed by atoms with E-state index in [1.807, 2.05) is 6.92 Å². The van der Waals surface area contributed by atoms with E-state index >= 15 is 0 Å². The van der Waals surface area contributed by atoms with E-state index in [1.165, 1.54) is 18.2 Å². The standard InChI is InChI=1S/C14H19F2NO/c1-4-8-18-10(2)9-17-11(3)14-12(15)6-5-7-13(14)16/h4-7,10-11,17H,1,8-9H2,2-3H3. The van der Waals surface area contributed by atoms with Crippen molar-refractivity contribution in [2.45, 2.75) is 26.0 Å². The molecule has 100 valence electrons. The number of nitrogens with one attached hydrogen (secondary N) is 1. The first-order chi connectivity index (χ1) is 8.56. The summed E-state index contributed by atoms with van der Waals surface area (Å²) in [5.74, 6) is -1.07. The smallest absolute Gasteiger partial charge is 0.130 e. The fraction of sp³-hybridized carbons (Fsp3) is 0.429. The van der Waals surface area contributed by atoms with Crippen LogP contribution in [0.1, 0.15) is 25.5 Å². The Morgan fingerprint density at radius 3 is 2.50 bits per heavy atom. The number of hydrogen-bond donors (Lipinski definition) is 1. The Bertz CT molecular complexity index is 375. The molecule has 0 bridgehead atoms. The fourth-order valence-corrected chi connectivity index (χ4v) is 1.66. The summed E-state index contributed by atoms with van der Waals surface area (Å²) in [5.41, 5.74) is 0.0634. The van der Waals surface area contributed by atoms with Crippen molar-refractivity contribution >= 4 is 0 Å². The van der Waals surface area contributed by atoms with Gasteiger partial charge in [0.15, 0.2) is 0 Å². The molecule has 4 heteroatoms. The van der Waals surface area contributed by atoms with Gasteiger partial charge in [-0.05, 0) is 26.0 Å². The van der Waals surface area contributed by atoms with Gasteiger partial charge in [-0.25, -0.2) is 8.78 Å². The van der Waals surface area contributed by atoms with Crippen LogP contribution in [0.15, 0.2) is 30.9 Å². The molecule has 2 unspecified atom stereocenters. The van der Waals surface area contributed by atoms with E-state index in [0.717, 1.165) is 0 Å². The SMILES string of the molecule is C=CCOC(C)CNC(C)c1c(F)cccc1F. The first-order valence-corrected chi connectivity index (χ1v) is 5.96. The van der Waals surface area contributed by atoms with Crippen LogP contribution >= 0.6 is 0 Å². The molecule has 0 saturated heterocycles. The summed E-state index contributed by atoms with van der Waals surface area (Å²) in [6.45, 7) is 8.15. The quantitative estimate of drug-likeness (QED) is 0.755. The Labute approximate surface area is 107 Å². The Hall–Kier alpha value is -1.26. The summed E-state index contributed by atoms with van der Waals surface area (Å²) < 4.78 is 32.4. The van der Waals surface area contributed by atoms with E-state index in [0.29, 0.717) is 13.2 Å². The van der Waals surface area contributed by atoms with Crippen LogP contribution in [0.3, 0.4) is 0 Å². The maximum Gasteiger partial charge on any atom is 0.130 e. The predicted octanol–water partition coefficient (Wildman–Crippen LogP) is 3.21. The molecule has 1 aromatic rings. The summed E-state index contributed by atoms with van der Waals surface area (Å²) >= 11 is 0. The van der Waals surface area contributed by atoms with E-state index in [9.17, 15) is 8.78 Å². The van der Waals surface area contributed by atoms with Crippen LogP contribution in [0.4, 0.5) is 8.78 Å². The van der Waals surface area contributed by atoms with Crippen molar-refractivity contribution in [2.24, 2.45) is 0 Å². The Morgan fingerprint density at radius 1 is 1.33 bits per heavy atom. The van der Waals surface area contributed by atoms with Crippen molar-refractivity contribution < 1.29 is 13.5 Å². The molecule has 2 nitrogen and oxygen atoms in total. The molecule has 0 fully saturated rings. The van der Waals surface area contributed by atoms with Gasteiger partial charge >= 0.3 is 0 Å². The molecule has 18 heavy (non-hydrogen) atoms. The summed E-state index contributed by atoms with van der Waals surface area (Å²) in [4.78, 5) is 0. The fourth-order valence-electron chi connectivity index (χ4n) is 1.66. The van der Waals surface area contributed by atoms with Gasteiger partial charge < -0.3 is 10.1 Å². The van der Waals surface area contributed by atoms with Crippen LogP contribution in [-0.2, 0) is 4.74 Å². The third-order valence-electron chi connectivity index (χ3n) is 2.64. The lowest BCUT2D eigenvalue weighted by molar-refractivity contribution is 0.0858. The lowest BCUT2D eigenvalue weighted by atomic mass is 10.1. The zero-order valence-corrected chi connectivity index (χ0v) is 10.7. The van der Waals surface area contributed by atoms with Gasteiger partial charge in [-0.3, -0.25) is 0 Å². The number of benzene rings is 1. The lowest BCUT2D eigenvalue weighted by Gasteiger charge is -2.19. The maximum atomic E-state index is 13.5. The summed E-state index contributed by atoms with van der Waals surface area (Å²) in [5, 5.41) is 3.05. The number of hydrogen-bond acceptors (Lipinski definition) is 2. The van der Waals surface area contributed by atoms with Gasteiger partial charge in [0, 0.05) is 18.2 Å². The normalized spacial score (nSPS) is 14.2. The van der Waals surface area contributed by atoms with Gasteiger partial charge in [-0.15, -0.1) is 6.58 Å². The third kappa shape index (κ3) is 4.20. The molecule has 1 N–H and O–H groups in total. The minimum Gasteiger partial charge on any atom is -0.373 e. The Balaban J connectivity index is 2.55. The molecule has 0 aliphatic heterocycles. The number of rotatable bonds is 7. The van der Waals surface area contributed by atoms with Crippen molar-refractivity contribution in [1.29, 1.82) is 0 Å². The monoisotopic (exact) mass is 255 g/mol. The van der Waals surface area contributed by atoms with Crippen LogP contribution in [-0.4, -0.2) is 19.3 Å². The average molecular weight is 255 g/mol. The van der Waals surface area contributed by atoms with Gasteiger partial charge in [0.25, 0.3) is 0 Å².